The van der Waals surface area contributed by atoms with Crippen LogP contribution < -0.4 is 15.6 Å². The van der Waals surface area contributed by atoms with Gasteiger partial charge in [-0.05, 0) is 35.4 Å². The Hall–Kier alpha value is -3.48. The SMILES string of the molecule is COc1ccc(Cc2nc(C(=O)NCc3ccc(F)cc3)cc(=O)[nH]2)cc1. The second-order valence-corrected chi connectivity index (χ2v) is 5.91. The molecular formula is C20H18FN3O3. The van der Waals surface area contributed by atoms with Gasteiger partial charge in [-0.3, -0.25) is 9.59 Å². The second kappa shape index (κ2) is 8.27. The van der Waals surface area contributed by atoms with Gasteiger partial charge in [-0.15, -0.1) is 0 Å². The van der Waals surface area contributed by atoms with Crippen LogP contribution >= 0.6 is 0 Å². The fraction of sp³-hybridized carbons (Fsp3) is 0.150. The van der Waals surface area contributed by atoms with Gasteiger partial charge in [-0.25, -0.2) is 9.37 Å². The zero-order valence-corrected chi connectivity index (χ0v) is 14.7. The minimum absolute atomic E-state index is 0.0318. The Bertz CT molecular complexity index is 983. The predicted octanol–water partition coefficient (Wildman–Crippen LogP) is 2.44. The van der Waals surface area contributed by atoms with E-state index in [-0.39, 0.29) is 18.1 Å². The highest BCUT2D eigenvalue weighted by Crippen LogP contribution is 2.13. The van der Waals surface area contributed by atoms with Crippen molar-refractivity contribution in [3.8, 4) is 5.75 Å². The van der Waals surface area contributed by atoms with Gasteiger partial charge in [-0.1, -0.05) is 24.3 Å². The van der Waals surface area contributed by atoms with Gasteiger partial charge < -0.3 is 15.0 Å². The van der Waals surface area contributed by atoms with E-state index in [1.807, 2.05) is 24.3 Å². The summed E-state index contributed by atoms with van der Waals surface area (Å²) in [7, 11) is 1.59. The molecule has 1 amide bonds. The van der Waals surface area contributed by atoms with Gasteiger partial charge >= 0.3 is 0 Å². The number of methoxy groups -OCH3 is 1. The number of ether oxygens (including phenoxy) is 1. The van der Waals surface area contributed by atoms with E-state index >= 15 is 0 Å². The average molecular weight is 367 g/mol. The van der Waals surface area contributed by atoms with Gasteiger partial charge in [0.1, 0.15) is 23.1 Å². The van der Waals surface area contributed by atoms with E-state index in [0.29, 0.717) is 12.2 Å². The summed E-state index contributed by atoms with van der Waals surface area (Å²) in [6.45, 7) is 0.210. The third kappa shape index (κ3) is 5.01. The Morgan fingerprint density at radius 1 is 1.11 bits per heavy atom. The Kier molecular flexibility index (Phi) is 5.61. The number of aromatic nitrogens is 2. The lowest BCUT2D eigenvalue weighted by atomic mass is 10.1. The number of amides is 1. The van der Waals surface area contributed by atoms with Crippen molar-refractivity contribution in [1.82, 2.24) is 15.3 Å². The molecule has 0 aliphatic carbocycles. The summed E-state index contributed by atoms with van der Waals surface area (Å²) in [6, 6.07) is 14.3. The molecule has 7 heteroatoms. The van der Waals surface area contributed by atoms with Gasteiger partial charge in [0.25, 0.3) is 11.5 Å². The quantitative estimate of drug-likeness (QED) is 0.701. The molecule has 2 aromatic carbocycles. The minimum atomic E-state index is -0.471. The molecule has 6 nitrogen and oxygen atoms in total. The molecule has 1 heterocycles. The number of halogens is 1. The molecule has 0 atom stereocenters. The first-order chi connectivity index (χ1) is 13.0. The summed E-state index contributed by atoms with van der Waals surface area (Å²) in [4.78, 5) is 31.1. The number of nitrogens with zero attached hydrogens (tertiary/aromatic N) is 1. The van der Waals surface area contributed by atoms with Gasteiger partial charge in [0.2, 0.25) is 0 Å². The van der Waals surface area contributed by atoms with Gasteiger partial charge in [0, 0.05) is 19.0 Å². The maximum Gasteiger partial charge on any atom is 0.270 e. The Morgan fingerprint density at radius 2 is 1.78 bits per heavy atom. The molecule has 0 aliphatic rings. The number of benzene rings is 2. The molecule has 27 heavy (non-hydrogen) atoms. The monoisotopic (exact) mass is 367 g/mol. The lowest BCUT2D eigenvalue weighted by Crippen LogP contribution is -2.26. The van der Waals surface area contributed by atoms with Crippen molar-refractivity contribution < 1.29 is 13.9 Å². The Morgan fingerprint density at radius 3 is 2.44 bits per heavy atom. The molecule has 0 unspecified atom stereocenters. The molecule has 0 fully saturated rings. The maximum atomic E-state index is 12.9. The minimum Gasteiger partial charge on any atom is -0.497 e. The fourth-order valence-electron chi connectivity index (χ4n) is 2.52. The molecule has 1 aromatic heterocycles. The van der Waals surface area contributed by atoms with Crippen molar-refractivity contribution in [2.24, 2.45) is 0 Å². The van der Waals surface area contributed by atoms with Crippen LogP contribution in [0.25, 0.3) is 0 Å². The lowest BCUT2D eigenvalue weighted by Gasteiger charge is -2.07. The van der Waals surface area contributed by atoms with Crippen LogP contribution in [-0.4, -0.2) is 23.0 Å². The predicted molar refractivity (Wildman–Crippen MR) is 98.2 cm³/mol. The van der Waals surface area contributed by atoms with Crippen LogP contribution in [0.2, 0.25) is 0 Å². The standard InChI is InChI=1S/C20H18FN3O3/c1-27-16-8-4-13(5-9-16)10-18-23-17(11-19(25)24-18)20(26)22-12-14-2-6-15(21)7-3-14/h2-9,11H,10,12H2,1H3,(H,22,26)(H,23,24,25). The average Bonchev–Trinajstić information content (AvgIpc) is 2.67. The van der Waals surface area contributed by atoms with Crippen LogP contribution in [0, 0.1) is 5.82 Å². The molecule has 2 N–H and O–H groups in total. The van der Waals surface area contributed by atoms with Crippen molar-refractivity contribution in [3.05, 3.63) is 93.4 Å². The van der Waals surface area contributed by atoms with Crippen molar-refractivity contribution in [1.29, 1.82) is 0 Å². The molecule has 0 radical (unpaired) electrons. The fourth-order valence-corrected chi connectivity index (χ4v) is 2.52. The third-order valence-electron chi connectivity index (χ3n) is 3.92. The number of aromatic amines is 1. The van der Waals surface area contributed by atoms with Crippen LogP contribution in [0.5, 0.6) is 5.75 Å². The number of carbonyl (C=O) groups is 1. The normalized spacial score (nSPS) is 10.4. The molecule has 0 saturated carbocycles. The molecule has 138 valence electrons. The molecule has 3 rings (SSSR count). The van der Waals surface area contributed by atoms with Gasteiger partial charge in [0.05, 0.1) is 7.11 Å². The summed E-state index contributed by atoms with van der Waals surface area (Å²) in [5, 5.41) is 2.67. The van der Waals surface area contributed by atoms with E-state index in [4.69, 9.17) is 4.74 Å². The van der Waals surface area contributed by atoms with E-state index in [9.17, 15) is 14.0 Å². The first-order valence-electron chi connectivity index (χ1n) is 8.29. The first-order valence-corrected chi connectivity index (χ1v) is 8.29. The molecule has 0 aliphatic heterocycles. The summed E-state index contributed by atoms with van der Waals surface area (Å²) in [5.41, 5.74) is 1.29. The summed E-state index contributed by atoms with van der Waals surface area (Å²) in [6.07, 6.45) is 0.373. The van der Waals surface area contributed by atoms with Gasteiger partial charge in [-0.2, -0.15) is 0 Å². The number of rotatable bonds is 6. The number of hydrogen-bond donors (Lipinski definition) is 2. The zero-order valence-electron chi connectivity index (χ0n) is 14.7. The van der Waals surface area contributed by atoms with Crippen LogP contribution in [0.3, 0.4) is 0 Å². The molecule has 0 bridgehead atoms. The number of hydrogen-bond acceptors (Lipinski definition) is 4. The first kappa shape index (κ1) is 18.3. The highest BCUT2D eigenvalue weighted by Gasteiger charge is 2.11. The largest absolute Gasteiger partial charge is 0.497 e. The number of nitrogens with one attached hydrogen (secondary N) is 2. The van der Waals surface area contributed by atoms with Crippen LogP contribution in [-0.2, 0) is 13.0 Å². The zero-order chi connectivity index (χ0) is 19.2. The van der Waals surface area contributed by atoms with Crippen molar-refractivity contribution in [2.45, 2.75) is 13.0 Å². The third-order valence-corrected chi connectivity index (χ3v) is 3.92. The molecule has 0 saturated heterocycles. The number of carbonyl (C=O) groups excluding carboxylic acids is 1. The van der Waals surface area contributed by atoms with E-state index in [2.05, 4.69) is 15.3 Å². The van der Waals surface area contributed by atoms with Crippen LogP contribution in [0.4, 0.5) is 4.39 Å². The molecule has 0 spiro atoms. The second-order valence-electron chi connectivity index (χ2n) is 5.91. The van der Waals surface area contributed by atoms with Crippen molar-refractivity contribution in [3.63, 3.8) is 0 Å². The Labute approximate surface area is 155 Å². The van der Waals surface area contributed by atoms with Crippen LogP contribution in [0.1, 0.15) is 27.4 Å². The van der Waals surface area contributed by atoms with E-state index < -0.39 is 11.5 Å². The summed E-state index contributed by atoms with van der Waals surface area (Å²) < 4.78 is 18.0. The maximum absolute atomic E-state index is 12.9. The highest BCUT2D eigenvalue weighted by molar-refractivity contribution is 5.92. The highest BCUT2D eigenvalue weighted by atomic mass is 19.1. The van der Waals surface area contributed by atoms with Crippen molar-refractivity contribution in [2.75, 3.05) is 7.11 Å². The summed E-state index contributed by atoms with van der Waals surface area (Å²) >= 11 is 0. The lowest BCUT2D eigenvalue weighted by molar-refractivity contribution is 0.0945. The van der Waals surface area contributed by atoms with Crippen LogP contribution in [0.15, 0.2) is 59.4 Å². The van der Waals surface area contributed by atoms with E-state index in [1.165, 1.54) is 12.1 Å². The van der Waals surface area contributed by atoms with Gasteiger partial charge in [0.15, 0.2) is 0 Å². The topological polar surface area (TPSA) is 84.1 Å². The smallest absolute Gasteiger partial charge is 0.270 e. The Balaban J connectivity index is 1.70. The van der Waals surface area contributed by atoms with Crippen molar-refractivity contribution >= 4 is 5.91 Å². The molecular weight excluding hydrogens is 349 g/mol. The van der Waals surface area contributed by atoms with E-state index in [0.717, 1.165) is 22.9 Å². The molecule has 3 aromatic rings. The van der Waals surface area contributed by atoms with E-state index in [1.54, 1.807) is 19.2 Å². The summed E-state index contributed by atoms with van der Waals surface area (Å²) in [5.74, 6) is 0.305. The number of H-pyrrole nitrogens is 1.